The van der Waals surface area contributed by atoms with Crippen molar-refractivity contribution in [3.63, 3.8) is 0 Å². The molecule has 4 heterocycles. The molecule has 0 bridgehead atoms. The predicted molar refractivity (Wildman–Crippen MR) is 544 cm³/mol. The molecule has 0 saturated carbocycles. The molecule has 4 aliphatic heterocycles. The lowest BCUT2D eigenvalue weighted by molar-refractivity contribution is 0.447. The van der Waals surface area contributed by atoms with Crippen molar-refractivity contribution in [1.82, 2.24) is 0 Å². The van der Waals surface area contributed by atoms with Crippen molar-refractivity contribution in [3.05, 3.63) is 508 Å². The molecule has 21 aromatic rings. The molecule has 0 amide bonds. The summed E-state index contributed by atoms with van der Waals surface area (Å²) in [6.45, 7) is 0. The molecule has 0 unspecified atom stereocenters. The van der Waals surface area contributed by atoms with E-state index in [4.69, 9.17) is 18.9 Å². The number of anilines is 12. The van der Waals surface area contributed by atoms with Crippen LogP contribution in [0.4, 0.5) is 68.2 Å². The van der Waals surface area contributed by atoms with Crippen LogP contribution in [0.25, 0.3) is 111 Å². The number of ether oxygens (including phenoxy) is 4. The quantitative estimate of drug-likeness (QED) is 0.113. The van der Waals surface area contributed by atoms with E-state index < -0.39 is 5.41 Å². The molecule has 8 heteroatoms. The lowest BCUT2D eigenvalue weighted by atomic mass is 9.70. The van der Waals surface area contributed by atoms with E-state index in [1.165, 1.54) is 77.9 Å². The summed E-state index contributed by atoms with van der Waals surface area (Å²) in [7, 11) is 0. The highest BCUT2D eigenvalue weighted by atomic mass is 16.5. The Morgan fingerprint density at radius 1 is 0.173 bits per heavy atom. The van der Waals surface area contributed by atoms with E-state index in [0.717, 1.165) is 170 Å². The largest absolute Gasteiger partial charge is 0.453 e. The van der Waals surface area contributed by atoms with Crippen LogP contribution in [0.5, 0.6) is 46.0 Å². The van der Waals surface area contributed by atoms with E-state index in [1.807, 2.05) is 36.4 Å². The molecule has 624 valence electrons. The van der Waals surface area contributed by atoms with Crippen LogP contribution in [0.1, 0.15) is 22.3 Å². The van der Waals surface area contributed by atoms with Gasteiger partial charge in [0.1, 0.15) is 11.4 Å². The van der Waals surface area contributed by atoms with Crippen LogP contribution in [-0.4, -0.2) is 0 Å². The summed E-state index contributed by atoms with van der Waals surface area (Å²) in [5.41, 5.74) is 38.0. The van der Waals surface area contributed by atoms with Gasteiger partial charge in [-0.3, -0.25) is 9.80 Å². The van der Waals surface area contributed by atoms with Gasteiger partial charge in [-0.1, -0.05) is 334 Å². The zero-order chi connectivity index (χ0) is 87.6. The maximum absolute atomic E-state index is 6.82. The van der Waals surface area contributed by atoms with Gasteiger partial charge in [-0.15, -0.1) is 0 Å². The van der Waals surface area contributed by atoms with E-state index in [0.29, 0.717) is 0 Å². The Bertz CT molecular complexity index is 8030. The minimum atomic E-state index is -0.451. The first-order valence-corrected chi connectivity index (χ1v) is 45.3. The minimum Gasteiger partial charge on any atom is -0.453 e. The van der Waals surface area contributed by atoms with Gasteiger partial charge >= 0.3 is 0 Å². The maximum Gasteiger partial charge on any atom is 0.163 e. The topological polar surface area (TPSA) is 49.9 Å². The Morgan fingerprint density at radius 3 is 0.925 bits per heavy atom. The van der Waals surface area contributed by atoms with Crippen molar-refractivity contribution < 1.29 is 18.9 Å². The molecule has 0 atom stereocenters. The third-order valence-corrected chi connectivity index (χ3v) is 27.1. The van der Waals surface area contributed by atoms with Crippen LogP contribution < -0.4 is 38.5 Å². The summed E-state index contributed by atoms with van der Waals surface area (Å²) in [6.07, 6.45) is 0. The third-order valence-electron chi connectivity index (χ3n) is 27.1. The summed E-state index contributed by atoms with van der Waals surface area (Å²) in [6, 6.07) is 174. The molecule has 27 rings (SSSR count). The van der Waals surface area contributed by atoms with Crippen LogP contribution in [0.15, 0.2) is 485 Å². The first kappa shape index (κ1) is 76.5. The summed E-state index contributed by atoms with van der Waals surface area (Å²) in [5.74, 6) is 6.37. The fourth-order valence-electron chi connectivity index (χ4n) is 21.0. The number of rotatable bonds is 13. The van der Waals surface area contributed by atoms with Gasteiger partial charge in [0.05, 0.1) is 28.2 Å². The molecule has 0 radical (unpaired) electrons. The van der Waals surface area contributed by atoms with Gasteiger partial charge in [-0.05, 0) is 268 Å². The molecule has 21 aromatic carbocycles. The number of hydrogen-bond acceptors (Lipinski definition) is 8. The number of fused-ring (bicyclic) bond motifs is 20. The first-order chi connectivity index (χ1) is 65.9. The lowest BCUT2D eigenvalue weighted by Gasteiger charge is -2.39. The van der Waals surface area contributed by atoms with E-state index in [1.54, 1.807) is 0 Å². The Balaban J connectivity index is 0.000000140. The molecule has 2 aliphatic carbocycles. The molecule has 0 aromatic heterocycles. The van der Waals surface area contributed by atoms with Gasteiger partial charge in [-0.2, -0.15) is 0 Å². The molecule has 8 nitrogen and oxygen atoms in total. The molecule has 6 aliphatic rings. The molecular formula is C125H80N4O4. The van der Waals surface area contributed by atoms with Crippen molar-refractivity contribution in [1.29, 1.82) is 0 Å². The van der Waals surface area contributed by atoms with Crippen LogP contribution in [0.3, 0.4) is 0 Å². The second kappa shape index (κ2) is 31.4. The van der Waals surface area contributed by atoms with Gasteiger partial charge < -0.3 is 28.7 Å². The number of para-hydroxylation sites is 6. The highest BCUT2D eigenvalue weighted by Crippen LogP contribution is 2.67. The molecule has 1 spiro atoms. The maximum atomic E-state index is 6.82. The van der Waals surface area contributed by atoms with Gasteiger partial charge in [0.25, 0.3) is 0 Å². The zero-order valence-corrected chi connectivity index (χ0v) is 72.1. The highest BCUT2D eigenvalue weighted by molar-refractivity contribution is 6.05. The summed E-state index contributed by atoms with van der Waals surface area (Å²) < 4.78 is 26.9. The fraction of sp³-hybridized carbons (Fsp3) is 0.00800. The average Bonchev–Trinajstić information content (AvgIpc) is 1.51. The molecule has 0 saturated heterocycles. The normalized spacial score (nSPS) is 12.8. The van der Waals surface area contributed by atoms with Crippen molar-refractivity contribution in [2.75, 3.05) is 19.6 Å². The van der Waals surface area contributed by atoms with Crippen LogP contribution in [0.2, 0.25) is 0 Å². The van der Waals surface area contributed by atoms with Gasteiger partial charge in [0.15, 0.2) is 46.0 Å². The molecule has 133 heavy (non-hydrogen) atoms. The molecule has 0 N–H and O–H groups in total. The van der Waals surface area contributed by atoms with Crippen molar-refractivity contribution >= 4 is 79.0 Å². The lowest BCUT2D eigenvalue weighted by Crippen LogP contribution is -2.26. The van der Waals surface area contributed by atoms with Crippen LogP contribution in [-0.2, 0) is 5.41 Å². The number of benzene rings is 21. The van der Waals surface area contributed by atoms with Crippen molar-refractivity contribution in [2.24, 2.45) is 0 Å². The van der Waals surface area contributed by atoms with Crippen LogP contribution in [0, 0.1) is 0 Å². The highest BCUT2D eigenvalue weighted by Gasteiger charge is 2.52. The van der Waals surface area contributed by atoms with Gasteiger partial charge in [0, 0.05) is 50.6 Å². The molecule has 0 fully saturated rings. The third kappa shape index (κ3) is 12.7. The summed E-state index contributed by atoms with van der Waals surface area (Å²) in [5, 5.41) is 2.22. The second-order valence-electron chi connectivity index (χ2n) is 34.5. The monoisotopic (exact) mass is 1700 g/mol. The van der Waals surface area contributed by atoms with Gasteiger partial charge in [-0.25, -0.2) is 0 Å². The fourth-order valence-corrected chi connectivity index (χ4v) is 21.0. The standard InChI is InChI=1S/C67H42N2O2.C58H38N2O2/c1-2-15-43(16-3-1)44-29-33-48(34-30-44)68(50-37-38-55-54-21-6-9-24-58(54)67(59(55)42-50)56-22-7-4-19-52(56)53-20-5-8-23-57(53)67)49-35-31-45(32-36-49)46-17-14-18-47(41-46)51-39-40-64-65-66(51)71-63-28-13-11-26-61(63)69(65)60-25-10-12-27-62(60)70-64;1-3-12-39(13-4-1)41-22-29-47(30-23-41)59(48-31-24-42(25-32-48)40-14-5-2-6-15-40)49-33-26-43(27-34-49)45-17-11-18-46(38-45)51-35-37-55-56-58(51)61-54-21-10-9-20-52(54)60(56)53-36-28-44-16-7-8-19-50(44)57(53)62-55/h1-42H;1-38H. The van der Waals surface area contributed by atoms with Crippen LogP contribution >= 0.6 is 0 Å². The summed E-state index contributed by atoms with van der Waals surface area (Å²) in [4.78, 5) is 9.32. The molecular weight excluding hydrogens is 1620 g/mol. The first-order valence-electron chi connectivity index (χ1n) is 45.3. The summed E-state index contributed by atoms with van der Waals surface area (Å²) >= 11 is 0. The zero-order valence-electron chi connectivity index (χ0n) is 72.1. The van der Waals surface area contributed by atoms with Crippen molar-refractivity contribution in [3.8, 4) is 146 Å². The van der Waals surface area contributed by atoms with E-state index in [2.05, 4.69) is 469 Å². The average molecular weight is 1700 g/mol. The number of hydrogen-bond donors (Lipinski definition) is 0. The van der Waals surface area contributed by atoms with E-state index in [-0.39, 0.29) is 0 Å². The van der Waals surface area contributed by atoms with Crippen molar-refractivity contribution in [2.45, 2.75) is 5.41 Å². The Kier molecular flexibility index (Phi) is 18.0. The van der Waals surface area contributed by atoms with Gasteiger partial charge in [0.2, 0.25) is 0 Å². The van der Waals surface area contributed by atoms with E-state index in [9.17, 15) is 0 Å². The predicted octanol–water partition coefficient (Wildman–Crippen LogP) is 34.8. The number of nitrogens with zero attached hydrogens (tertiary/aromatic N) is 4. The Labute approximate surface area is 771 Å². The van der Waals surface area contributed by atoms with E-state index >= 15 is 0 Å². The Morgan fingerprint density at radius 2 is 0.481 bits per heavy atom. The minimum absolute atomic E-state index is 0.451. The Hall–Kier alpha value is -17.7. The smallest absolute Gasteiger partial charge is 0.163 e. The second-order valence-corrected chi connectivity index (χ2v) is 34.5. The SMILES string of the molecule is c1ccc(-c2ccc(N(c3ccc(-c4cccc(-c5ccc6c7c5Oc5ccccc5N7c5ccccc5O6)c4)cc3)c3ccc4c(c3)C3(c5ccccc5-c5ccccc53)c3ccccc3-4)cc2)cc1.c1ccc(-c2ccc(N(c3ccc(-c4ccccc4)cc3)c3ccc(-c4cccc(-c5ccc6c7c5Oc5ccccc5N7c5ccc7ccccc7c5O6)c4)cc3)cc2)cc1.